The fourth-order valence-electron chi connectivity index (χ4n) is 3.07. The van der Waals surface area contributed by atoms with E-state index in [9.17, 15) is 4.79 Å². The van der Waals surface area contributed by atoms with Crippen molar-refractivity contribution in [2.75, 3.05) is 0 Å². The van der Waals surface area contributed by atoms with Gasteiger partial charge in [0.2, 0.25) is 0 Å². The fourth-order valence-corrected chi connectivity index (χ4v) is 8.61. The first-order chi connectivity index (χ1) is 10.5. The third kappa shape index (κ3) is 6.64. The minimum Gasteiger partial charge on any atom is -0.393 e. The van der Waals surface area contributed by atoms with Gasteiger partial charge < -0.3 is 13.6 Å². The third-order valence-electron chi connectivity index (χ3n) is 5.39. The molecule has 0 atom stereocenters. The van der Waals surface area contributed by atoms with Gasteiger partial charge in [-0.15, -0.1) is 0 Å². The molecule has 0 aliphatic carbocycles. The van der Waals surface area contributed by atoms with Crippen LogP contribution in [0.1, 0.15) is 60.8 Å². The molecule has 0 bridgehead atoms. The van der Waals surface area contributed by atoms with Crippen LogP contribution in [0.25, 0.3) is 0 Å². The minimum absolute atomic E-state index is 0.0852. The highest BCUT2D eigenvalue weighted by Crippen LogP contribution is 2.30. The molecule has 0 fully saturated rings. The quantitative estimate of drug-likeness (QED) is 0.174. The molecule has 3 nitrogen and oxygen atoms in total. The lowest BCUT2D eigenvalue weighted by Crippen LogP contribution is -2.46. The number of carbonyl (C=O) groups excluding carboxylic acids is 1. The molecule has 0 saturated carbocycles. The van der Waals surface area contributed by atoms with E-state index in [2.05, 4.69) is 41.5 Å². The Morgan fingerprint density at radius 2 is 1.14 bits per heavy atom. The van der Waals surface area contributed by atoms with E-state index in [1.165, 1.54) is 0 Å². The van der Waals surface area contributed by atoms with E-state index in [-0.39, 0.29) is 6.29 Å². The molecule has 5 heteroatoms. The van der Waals surface area contributed by atoms with Crippen LogP contribution in [-0.2, 0) is 13.6 Å². The van der Waals surface area contributed by atoms with Crippen LogP contribution in [0.4, 0.5) is 0 Å². The number of aldehydes is 1. The van der Waals surface area contributed by atoms with Gasteiger partial charge in [-0.1, -0.05) is 41.5 Å². The van der Waals surface area contributed by atoms with Gasteiger partial charge >= 0.3 is 0 Å². The molecular weight excluding hydrogens is 308 g/mol. The van der Waals surface area contributed by atoms with Gasteiger partial charge in [0.25, 0.3) is 0 Å². The van der Waals surface area contributed by atoms with Crippen molar-refractivity contribution in [2.45, 2.75) is 103 Å². The second kappa shape index (κ2) is 11.5. The van der Waals surface area contributed by atoms with E-state index in [0.29, 0.717) is 6.42 Å². The maximum absolute atomic E-state index is 10.6. The summed E-state index contributed by atoms with van der Waals surface area (Å²) < 4.78 is 13.3. The summed E-state index contributed by atoms with van der Waals surface area (Å²) in [6.07, 6.45) is 3.27. The lowest BCUT2D eigenvalue weighted by atomic mass is 10.2. The van der Waals surface area contributed by atoms with Gasteiger partial charge in [0.05, 0.1) is 0 Å². The summed E-state index contributed by atoms with van der Waals surface area (Å²) in [7, 11) is -3.34. The maximum atomic E-state index is 10.6. The van der Waals surface area contributed by atoms with Gasteiger partial charge in [0.15, 0.2) is 16.6 Å². The lowest BCUT2D eigenvalue weighted by Gasteiger charge is -2.38. The highest BCUT2D eigenvalue weighted by molar-refractivity contribution is 6.74. The van der Waals surface area contributed by atoms with Crippen molar-refractivity contribution in [1.29, 1.82) is 0 Å². The molecule has 0 saturated heterocycles. The lowest BCUT2D eigenvalue weighted by molar-refractivity contribution is -0.108. The molecule has 0 rings (SSSR count). The normalized spacial score (nSPS) is 12.9. The first-order valence-electron chi connectivity index (χ1n) is 9.30. The highest BCUT2D eigenvalue weighted by Gasteiger charge is 2.37. The Morgan fingerprint density at radius 1 is 0.773 bits per heavy atom. The van der Waals surface area contributed by atoms with Gasteiger partial charge in [0.1, 0.15) is 12.6 Å². The van der Waals surface area contributed by atoms with Crippen LogP contribution in [0.3, 0.4) is 0 Å². The zero-order valence-corrected chi connectivity index (χ0v) is 17.7. The molecule has 0 spiro atoms. The Labute approximate surface area is 140 Å². The van der Waals surface area contributed by atoms with Crippen molar-refractivity contribution >= 4 is 22.9 Å². The van der Waals surface area contributed by atoms with Crippen molar-refractivity contribution in [3.05, 3.63) is 0 Å². The van der Waals surface area contributed by atoms with Gasteiger partial charge in [0, 0.05) is 6.42 Å². The molecule has 0 amide bonds. The van der Waals surface area contributed by atoms with Gasteiger partial charge in [-0.25, -0.2) is 0 Å². The van der Waals surface area contributed by atoms with E-state index < -0.39 is 16.6 Å². The Kier molecular flexibility index (Phi) is 11.6. The SMILES string of the molecule is CC[Si](CC)(CC)OC(CCCC=O)O[Si](CC)(CC)CC. The molecule has 0 aliphatic heterocycles. The van der Waals surface area contributed by atoms with Crippen LogP contribution >= 0.6 is 0 Å². The maximum Gasteiger partial charge on any atom is 0.195 e. The second-order valence-corrected chi connectivity index (χ2v) is 15.7. The summed E-state index contributed by atoms with van der Waals surface area (Å²) in [5.41, 5.74) is 0. The average Bonchev–Trinajstić information content (AvgIpc) is 2.57. The monoisotopic (exact) mass is 346 g/mol. The molecule has 0 aromatic carbocycles. The van der Waals surface area contributed by atoms with E-state index in [0.717, 1.165) is 55.4 Å². The first kappa shape index (κ1) is 22.0. The predicted octanol–water partition coefficient (Wildman–Crippen LogP) is 5.73. The van der Waals surface area contributed by atoms with Crippen molar-refractivity contribution in [3.8, 4) is 0 Å². The zero-order valence-electron chi connectivity index (χ0n) is 15.7. The Hall–Kier alpha value is 0.0238. The van der Waals surface area contributed by atoms with E-state index in [1.807, 2.05) is 0 Å². The molecule has 0 aromatic rings. The molecule has 0 unspecified atom stereocenters. The molecule has 0 heterocycles. The Balaban J connectivity index is 5.05. The number of carbonyl (C=O) groups is 1. The van der Waals surface area contributed by atoms with Gasteiger partial charge in [-0.05, 0) is 49.1 Å². The molecule has 0 aromatic heterocycles. The Bertz CT molecular complexity index is 251. The molecule has 0 aliphatic rings. The number of hydrogen-bond acceptors (Lipinski definition) is 3. The van der Waals surface area contributed by atoms with Crippen molar-refractivity contribution in [3.63, 3.8) is 0 Å². The van der Waals surface area contributed by atoms with E-state index in [4.69, 9.17) is 8.85 Å². The standard InChI is InChI=1S/C17H38O3Si2/c1-7-21(8-2,9-3)19-17(15-13-14-16-18)20-22(10-4,11-5)12-6/h16-17H,7-15H2,1-6H3. The highest BCUT2D eigenvalue weighted by atomic mass is 28.4. The predicted molar refractivity (Wildman–Crippen MR) is 100 cm³/mol. The van der Waals surface area contributed by atoms with Crippen LogP contribution in [-0.4, -0.2) is 29.2 Å². The largest absolute Gasteiger partial charge is 0.393 e. The van der Waals surface area contributed by atoms with Crippen molar-refractivity contribution in [1.82, 2.24) is 0 Å². The average molecular weight is 347 g/mol. The number of hydrogen-bond donors (Lipinski definition) is 0. The summed E-state index contributed by atoms with van der Waals surface area (Å²) in [6.45, 7) is 13.5. The molecule has 22 heavy (non-hydrogen) atoms. The van der Waals surface area contributed by atoms with Crippen LogP contribution in [0, 0.1) is 0 Å². The van der Waals surface area contributed by atoms with Crippen LogP contribution in [0.15, 0.2) is 0 Å². The zero-order chi connectivity index (χ0) is 17.1. The second-order valence-electron chi connectivity index (χ2n) is 6.25. The van der Waals surface area contributed by atoms with Gasteiger partial charge in [-0.2, -0.15) is 0 Å². The smallest absolute Gasteiger partial charge is 0.195 e. The molecular formula is C17H38O3Si2. The Morgan fingerprint density at radius 3 is 1.41 bits per heavy atom. The number of rotatable bonds is 14. The third-order valence-corrected chi connectivity index (χ3v) is 14.6. The first-order valence-corrected chi connectivity index (χ1v) is 14.4. The van der Waals surface area contributed by atoms with Crippen molar-refractivity contribution < 1.29 is 13.6 Å². The summed E-state index contributed by atoms with van der Waals surface area (Å²) in [4.78, 5) is 10.6. The van der Waals surface area contributed by atoms with Crippen LogP contribution in [0.2, 0.25) is 36.3 Å². The molecule has 0 N–H and O–H groups in total. The summed E-state index contributed by atoms with van der Waals surface area (Å²) in [5, 5.41) is 0. The molecule has 132 valence electrons. The summed E-state index contributed by atoms with van der Waals surface area (Å²) in [6, 6.07) is 6.87. The van der Waals surface area contributed by atoms with E-state index >= 15 is 0 Å². The van der Waals surface area contributed by atoms with Crippen LogP contribution in [0.5, 0.6) is 0 Å². The van der Waals surface area contributed by atoms with Crippen molar-refractivity contribution in [2.24, 2.45) is 0 Å². The van der Waals surface area contributed by atoms with Crippen LogP contribution < -0.4 is 0 Å². The van der Waals surface area contributed by atoms with E-state index in [1.54, 1.807) is 0 Å². The fraction of sp³-hybridized carbons (Fsp3) is 0.941. The number of unbranched alkanes of at least 4 members (excludes halogenated alkanes) is 1. The molecule has 0 radical (unpaired) electrons. The summed E-state index contributed by atoms with van der Waals surface area (Å²) >= 11 is 0. The minimum atomic E-state index is -1.67. The summed E-state index contributed by atoms with van der Waals surface area (Å²) in [5.74, 6) is 0. The topological polar surface area (TPSA) is 35.5 Å². The van der Waals surface area contributed by atoms with Gasteiger partial charge in [-0.3, -0.25) is 0 Å².